The quantitative estimate of drug-likeness (QED) is 0.637. The van der Waals surface area contributed by atoms with E-state index < -0.39 is 24.1 Å². The van der Waals surface area contributed by atoms with E-state index in [1.54, 1.807) is 7.05 Å². The fraction of sp³-hybridized carbons (Fsp3) is 0.818. The molecular formula is C11H22N2O4. The molecule has 0 saturated carbocycles. The molecule has 100 valence electrons. The zero-order valence-corrected chi connectivity index (χ0v) is 10.8. The molecule has 2 atom stereocenters. The molecule has 0 fully saturated rings. The molecule has 0 aromatic carbocycles. The average molecular weight is 246 g/mol. The van der Waals surface area contributed by atoms with Gasteiger partial charge in [0.15, 0.2) is 6.04 Å². The van der Waals surface area contributed by atoms with Crippen LogP contribution < -0.4 is 5.32 Å². The van der Waals surface area contributed by atoms with Gasteiger partial charge >= 0.3 is 12.0 Å². The normalized spacial score (nSPS) is 14.2. The molecule has 0 spiro atoms. The Morgan fingerprint density at radius 3 is 2.18 bits per heavy atom. The van der Waals surface area contributed by atoms with Crippen molar-refractivity contribution in [1.29, 1.82) is 0 Å². The van der Waals surface area contributed by atoms with E-state index in [4.69, 9.17) is 5.11 Å². The third-order valence-corrected chi connectivity index (χ3v) is 2.42. The maximum absolute atomic E-state index is 11.6. The lowest BCUT2D eigenvalue weighted by molar-refractivity contribution is -0.141. The van der Waals surface area contributed by atoms with Gasteiger partial charge in [0.25, 0.3) is 0 Å². The van der Waals surface area contributed by atoms with Crippen LogP contribution in [0.25, 0.3) is 0 Å². The number of carbonyl (C=O) groups excluding carboxylic acids is 1. The number of carboxylic acids is 1. The number of carbonyl (C=O) groups is 2. The van der Waals surface area contributed by atoms with Crippen molar-refractivity contribution in [2.24, 2.45) is 5.92 Å². The van der Waals surface area contributed by atoms with Crippen LogP contribution in [0.5, 0.6) is 0 Å². The number of amides is 2. The van der Waals surface area contributed by atoms with E-state index in [9.17, 15) is 14.7 Å². The highest BCUT2D eigenvalue weighted by molar-refractivity contribution is 5.82. The lowest BCUT2D eigenvalue weighted by atomic mass is 10.1. The van der Waals surface area contributed by atoms with Gasteiger partial charge in [-0.05, 0) is 19.3 Å². The number of aliphatic carboxylic acids is 1. The van der Waals surface area contributed by atoms with Crippen LogP contribution in [0.15, 0.2) is 0 Å². The Kier molecular flexibility index (Phi) is 6.57. The molecule has 0 saturated heterocycles. The van der Waals surface area contributed by atoms with Gasteiger partial charge in [0.05, 0.1) is 6.10 Å². The van der Waals surface area contributed by atoms with Crippen LogP contribution >= 0.6 is 0 Å². The summed E-state index contributed by atoms with van der Waals surface area (Å²) in [6.07, 6.45) is -0.286. The third-order valence-electron chi connectivity index (χ3n) is 2.42. The first kappa shape index (κ1) is 15.7. The minimum absolute atomic E-state index is 0.470. The van der Waals surface area contributed by atoms with Gasteiger partial charge in [-0.3, -0.25) is 0 Å². The van der Waals surface area contributed by atoms with Crippen molar-refractivity contribution in [3.8, 4) is 0 Å². The molecule has 0 aromatic rings. The highest BCUT2D eigenvalue weighted by atomic mass is 16.4. The molecule has 2 amide bonds. The largest absolute Gasteiger partial charge is 0.480 e. The lowest BCUT2D eigenvalue weighted by Crippen LogP contribution is -2.51. The predicted molar refractivity (Wildman–Crippen MR) is 63.7 cm³/mol. The molecule has 0 aliphatic rings. The average Bonchev–Trinajstić information content (AvgIpc) is 2.20. The van der Waals surface area contributed by atoms with E-state index in [1.807, 2.05) is 13.8 Å². The van der Waals surface area contributed by atoms with Gasteiger partial charge in [-0.25, -0.2) is 9.59 Å². The molecule has 0 rings (SSSR count). The molecule has 2 unspecified atom stereocenters. The van der Waals surface area contributed by atoms with Gasteiger partial charge in [0.1, 0.15) is 0 Å². The van der Waals surface area contributed by atoms with Crippen LogP contribution in [-0.4, -0.2) is 52.9 Å². The molecule has 17 heavy (non-hydrogen) atoms. The van der Waals surface area contributed by atoms with Gasteiger partial charge in [0.2, 0.25) is 0 Å². The Balaban J connectivity index is 4.26. The predicted octanol–water partition coefficient (Wildman–Crippen LogP) is 0.508. The summed E-state index contributed by atoms with van der Waals surface area (Å²) in [5.41, 5.74) is 0. The minimum atomic E-state index is -1.27. The zero-order valence-electron chi connectivity index (χ0n) is 10.8. The fourth-order valence-corrected chi connectivity index (χ4v) is 1.19. The number of urea groups is 1. The Morgan fingerprint density at radius 2 is 1.82 bits per heavy atom. The SMILES string of the molecule is CC(C)CCN(C)C(=O)NC(C(=O)O)C(C)O. The van der Waals surface area contributed by atoms with Crippen molar-refractivity contribution < 1.29 is 19.8 Å². The summed E-state index contributed by atoms with van der Waals surface area (Å²) in [5.74, 6) is -0.775. The van der Waals surface area contributed by atoms with Crippen LogP contribution in [0.1, 0.15) is 27.2 Å². The first-order chi connectivity index (χ1) is 7.75. The van der Waals surface area contributed by atoms with Crippen LogP contribution in [0.3, 0.4) is 0 Å². The van der Waals surface area contributed by atoms with Gasteiger partial charge < -0.3 is 20.4 Å². The summed E-state index contributed by atoms with van der Waals surface area (Å²) in [6, 6.07) is -1.76. The molecule has 6 heteroatoms. The van der Waals surface area contributed by atoms with Crippen molar-refractivity contribution in [1.82, 2.24) is 10.2 Å². The highest BCUT2D eigenvalue weighted by Crippen LogP contribution is 2.01. The fourth-order valence-electron chi connectivity index (χ4n) is 1.19. The molecule has 0 heterocycles. The number of rotatable bonds is 6. The van der Waals surface area contributed by atoms with Crippen LogP contribution in [-0.2, 0) is 4.79 Å². The number of nitrogens with zero attached hydrogens (tertiary/aromatic N) is 1. The van der Waals surface area contributed by atoms with Crippen LogP contribution in [0.4, 0.5) is 4.79 Å². The second-order valence-corrected chi connectivity index (χ2v) is 4.61. The third kappa shape index (κ3) is 6.11. The van der Waals surface area contributed by atoms with Crippen molar-refractivity contribution in [2.45, 2.75) is 39.3 Å². The second-order valence-electron chi connectivity index (χ2n) is 4.61. The number of hydrogen-bond donors (Lipinski definition) is 3. The molecule has 0 aliphatic heterocycles. The number of hydrogen-bond acceptors (Lipinski definition) is 3. The Bertz CT molecular complexity index is 266. The molecule has 0 aliphatic carbocycles. The Hall–Kier alpha value is -1.30. The van der Waals surface area contributed by atoms with Crippen molar-refractivity contribution in [3.05, 3.63) is 0 Å². The zero-order chi connectivity index (χ0) is 13.6. The molecule has 6 nitrogen and oxygen atoms in total. The van der Waals surface area contributed by atoms with E-state index in [2.05, 4.69) is 5.32 Å². The van der Waals surface area contributed by atoms with Gasteiger partial charge in [0, 0.05) is 13.6 Å². The van der Waals surface area contributed by atoms with Crippen molar-refractivity contribution in [2.75, 3.05) is 13.6 Å². The summed E-state index contributed by atoms with van der Waals surface area (Å²) in [5, 5.41) is 20.3. The Morgan fingerprint density at radius 1 is 1.29 bits per heavy atom. The first-order valence-corrected chi connectivity index (χ1v) is 5.68. The highest BCUT2D eigenvalue weighted by Gasteiger charge is 2.26. The number of aliphatic hydroxyl groups is 1. The molecule has 0 aromatic heterocycles. The smallest absolute Gasteiger partial charge is 0.328 e. The van der Waals surface area contributed by atoms with Gasteiger partial charge in [-0.15, -0.1) is 0 Å². The molecular weight excluding hydrogens is 224 g/mol. The number of aliphatic hydroxyl groups excluding tert-OH is 1. The maximum Gasteiger partial charge on any atom is 0.328 e. The van der Waals surface area contributed by atoms with Gasteiger partial charge in [-0.2, -0.15) is 0 Å². The first-order valence-electron chi connectivity index (χ1n) is 5.68. The van der Waals surface area contributed by atoms with E-state index in [0.29, 0.717) is 12.5 Å². The van der Waals surface area contributed by atoms with Crippen molar-refractivity contribution >= 4 is 12.0 Å². The molecule has 0 radical (unpaired) electrons. The summed E-state index contributed by atoms with van der Waals surface area (Å²) in [7, 11) is 1.60. The number of nitrogens with one attached hydrogen (secondary N) is 1. The van der Waals surface area contributed by atoms with Gasteiger partial charge in [-0.1, -0.05) is 13.8 Å². The lowest BCUT2D eigenvalue weighted by Gasteiger charge is -2.23. The molecule has 0 bridgehead atoms. The number of carboxylic acid groups (broad SMARTS) is 1. The van der Waals surface area contributed by atoms with Crippen LogP contribution in [0, 0.1) is 5.92 Å². The van der Waals surface area contributed by atoms with E-state index in [1.165, 1.54) is 11.8 Å². The van der Waals surface area contributed by atoms with Crippen LogP contribution in [0.2, 0.25) is 0 Å². The van der Waals surface area contributed by atoms with E-state index in [-0.39, 0.29) is 0 Å². The van der Waals surface area contributed by atoms with E-state index in [0.717, 1.165) is 6.42 Å². The summed E-state index contributed by atoms with van der Waals surface area (Å²) >= 11 is 0. The Labute approximate surface area is 102 Å². The summed E-state index contributed by atoms with van der Waals surface area (Å²) in [6.45, 7) is 5.96. The maximum atomic E-state index is 11.6. The second kappa shape index (κ2) is 7.11. The minimum Gasteiger partial charge on any atom is -0.480 e. The standard InChI is InChI=1S/C11H22N2O4/c1-7(2)5-6-13(4)11(17)12-9(8(3)14)10(15)16/h7-9,14H,5-6H2,1-4H3,(H,12,17)(H,15,16). The summed E-state index contributed by atoms with van der Waals surface area (Å²) < 4.78 is 0. The monoisotopic (exact) mass is 246 g/mol. The summed E-state index contributed by atoms with van der Waals surface area (Å²) in [4.78, 5) is 23.8. The topological polar surface area (TPSA) is 89.9 Å². The van der Waals surface area contributed by atoms with E-state index >= 15 is 0 Å². The van der Waals surface area contributed by atoms with Crippen molar-refractivity contribution in [3.63, 3.8) is 0 Å². The molecule has 3 N–H and O–H groups in total.